The van der Waals surface area contributed by atoms with Crippen molar-refractivity contribution >= 4 is 62.1 Å². The van der Waals surface area contributed by atoms with E-state index >= 15 is 0 Å². The Morgan fingerprint density at radius 2 is 2.12 bits per heavy atom. The number of amides is 2. The summed E-state index contributed by atoms with van der Waals surface area (Å²) in [7, 11) is 0. The Morgan fingerprint density at radius 1 is 1.46 bits per heavy atom. The van der Waals surface area contributed by atoms with Gasteiger partial charge in [-0.2, -0.15) is 0 Å². The van der Waals surface area contributed by atoms with E-state index in [1.807, 2.05) is 31.2 Å². The number of hydrogen-bond donors (Lipinski definition) is 1. The lowest BCUT2D eigenvalue weighted by Crippen LogP contribution is -2.43. The first-order chi connectivity index (χ1) is 11.4. The van der Waals surface area contributed by atoms with Crippen molar-refractivity contribution in [3.05, 3.63) is 39.2 Å². The van der Waals surface area contributed by atoms with Crippen molar-refractivity contribution < 1.29 is 9.59 Å². The topological polar surface area (TPSA) is 49.4 Å². The Morgan fingerprint density at radius 3 is 2.75 bits per heavy atom. The van der Waals surface area contributed by atoms with Crippen LogP contribution in [-0.2, 0) is 9.59 Å². The average Bonchev–Trinajstić information content (AvgIpc) is 3.34. The van der Waals surface area contributed by atoms with Crippen molar-refractivity contribution in [2.45, 2.75) is 25.8 Å². The summed E-state index contributed by atoms with van der Waals surface area (Å²) in [6, 6.07) is 7.83. The summed E-state index contributed by atoms with van der Waals surface area (Å²) in [4.78, 5) is 26.6. The number of nitrogens with zero attached hydrogens (tertiary/aromatic N) is 1. The van der Waals surface area contributed by atoms with Gasteiger partial charge in [-0.05, 0) is 49.5 Å². The van der Waals surface area contributed by atoms with Gasteiger partial charge >= 0.3 is 0 Å². The summed E-state index contributed by atoms with van der Waals surface area (Å²) in [5, 5.41) is 2.95. The summed E-state index contributed by atoms with van der Waals surface area (Å²) in [6.07, 6.45) is 4.13. The van der Waals surface area contributed by atoms with Gasteiger partial charge in [-0.15, -0.1) is 0 Å². The SMILES string of the molecule is CC(NC(=O)CN1C(=O)/C(=C/c2ccc(Br)cc2)SC1=S)C1CC1. The van der Waals surface area contributed by atoms with Gasteiger partial charge in [0.1, 0.15) is 10.9 Å². The van der Waals surface area contributed by atoms with Gasteiger partial charge in [-0.1, -0.05) is 52.0 Å². The van der Waals surface area contributed by atoms with E-state index in [0.29, 0.717) is 15.1 Å². The third-order valence-corrected chi connectivity index (χ3v) is 5.97. The predicted octanol–water partition coefficient (Wildman–Crippen LogP) is 3.57. The molecule has 1 aromatic carbocycles. The maximum Gasteiger partial charge on any atom is 0.266 e. The molecule has 2 amide bonds. The molecule has 7 heteroatoms. The average molecular weight is 425 g/mol. The molecule has 0 bridgehead atoms. The zero-order valence-electron chi connectivity index (χ0n) is 13.1. The lowest BCUT2D eigenvalue weighted by Gasteiger charge is -2.17. The number of rotatable bonds is 5. The van der Waals surface area contributed by atoms with E-state index in [9.17, 15) is 9.59 Å². The zero-order chi connectivity index (χ0) is 17.3. The van der Waals surface area contributed by atoms with Crippen LogP contribution in [0.1, 0.15) is 25.3 Å². The summed E-state index contributed by atoms with van der Waals surface area (Å²) in [6.45, 7) is 1.99. The lowest BCUT2D eigenvalue weighted by molar-refractivity contribution is -0.129. The van der Waals surface area contributed by atoms with Gasteiger partial charge in [0.05, 0.1) is 4.91 Å². The molecule has 1 N–H and O–H groups in total. The van der Waals surface area contributed by atoms with E-state index in [1.165, 1.54) is 29.5 Å². The molecular formula is C17H17BrN2O2S2. The van der Waals surface area contributed by atoms with Crippen LogP contribution in [0.5, 0.6) is 0 Å². The molecule has 2 aliphatic rings. The van der Waals surface area contributed by atoms with Crippen LogP contribution >= 0.6 is 39.9 Å². The lowest BCUT2D eigenvalue weighted by atomic mass is 10.2. The molecule has 1 aromatic rings. The first-order valence-electron chi connectivity index (χ1n) is 7.74. The van der Waals surface area contributed by atoms with Crippen LogP contribution in [0.2, 0.25) is 0 Å². The molecule has 1 atom stereocenters. The van der Waals surface area contributed by atoms with Crippen LogP contribution in [0.4, 0.5) is 0 Å². The van der Waals surface area contributed by atoms with Gasteiger partial charge in [0, 0.05) is 10.5 Å². The van der Waals surface area contributed by atoms with Crippen molar-refractivity contribution in [1.82, 2.24) is 10.2 Å². The number of hydrogen-bond acceptors (Lipinski definition) is 4. The standard InChI is InChI=1S/C17H17BrN2O2S2/c1-10(12-4-5-12)19-15(21)9-20-16(22)14(24-17(20)23)8-11-2-6-13(18)7-3-11/h2-3,6-8,10,12H,4-5,9H2,1H3,(H,19,21)/b14-8-. The van der Waals surface area contributed by atoms with Crippen molar-refractivity contribution in [2.24, 2.45) is 5.92 Å². The van der Waals surface area contributed by atoms with E-state index in [0.717, 1.165) is 10.0 Å². The fourth-order valence-electron chi connectivity index (χ4n) is 2.50. The van der Waals surface area contributed by atoms with Gasteiger partial charge in [-0.25, -0.2) is 0 Å². The van der Waals surface area contributed by atoms with Gasteiger partial charge in [0.2, 0.25) is 5.91 Å². The number of halogens is 1. The number of benzene rings is 1. The maximum atomic E-state index is 12.5. The highest BCUT2D eigenvalue weighted by molar-refractivity contribution is 9.10. The smallest absolute Gasteiger partial charge is 0.266 e. The summed E-state index contributed by atoms with van der Waals surface area (Å²) < 4.78 is 1.41. The molecule has 2 fully saturated rings. The number of nitrogens with one attached hydrogen (secondary N) is 1. The van der Waals surface area contributed by atoms with Gasteiger partial charge in [0.25, 0.3) is 5.91 Å². The molecule has 3 rings (SSSR count). The minimum atomic E-state index is -0.206. The molecule has 1 saturated heterocycles. The highest BCUT2D eigenvalue weighted by Gasteiger charge is 2.34. The van der Waals surface area contributed by atoms with Crippen LogP contribution in [-0.4, -0.2) is 33.6 Å². The van der Waals surface area contributed by atoms with Gasteiger partial charge in [0.15, 0.2) is 0 Å². The van der Waals surface area contributed by atoms with Gasteiger partial charge in [-0.3, -0.25) is 14.5 Å². The number of thioether (sulfide) groups is 1. The van der Waals surface area contributed by atoms with Crippen molar-refractivity contribution in [3.63, 3.8) is 0 Å². The van der Waals surface area contributed by atoms with Crippen LogP contribution in [0, 0.1) is 5.92 Å². The second-order valence-corrected chi connectivity index (χ2v) is 8.60. The molecule has 1 unspecified atom stereocenters. The Balaban J connectivity index is 1.65. The molecular weight excluding hydrogens is 408 g/mol. The third kappa shape index (κ3) is 4.26. The highest BCUT2D eigenvalue weighted by atomic mass is 79.9. The second-order valence-electron chi connectivity index (χ2n) is 6.01. The van der Waals surface area contributed by atoms with Gasteiger partial charge < -0.3 is 5.32 Å². The third-order valence-electron chi connectivity index (χ3n) is 4.06. The Labute approximate surface area is 159 Å². The molecule has 1 aliphatic heterocycles. The van der Waals surface area contributed by atoms with Crippen LogP contribution < -0.4 is 5.32 Å². The molecule has 0 radical (unpaired) electrons. The predicted molar refractivity (Wildman–Crippen MR) is 104 cm³/mol. The summed E-state index contributed by atoms with van der Waals surface area (Å²) in [5.74, 6) is 0.218. The second kappa shape index (κ2) is 7.37. The van der Waals surface area contributed by atoms with E-state index < -0.39 is 0 Å². The van der Waals surface area contributed by atoms with Crippen LogP contribution in [0.15, 0.2) is 33.6 Å². The minimum absolute atomic E-state index is 0.0145. The Bertz CT molecular complexity index is 714. The van der Waals surface area contributed by atoms with Crippen molar-refractivity contribution in [1.29, 1.82) is 0 Å². The normalized spacial score (nSPS) is 20.6. The van der Waals surface area contributed by atoms with Crippen LogP contribution in [0.3, 0.4) is 0 Å². The summed E-state index contributed by atoms with van der Waals surface area (Å²) in [5.41, 5.74) is 0.922. The largest absolute Gasteiger partial charge is 0.352 e. The molecule has 24 heavy (non-hydrogen) atoms. The number of thiocarbonyl (C=S) groups is 1. The maximum absolute atomic E-state index is 12.5. The Hall–Kier alpha value is -1.18. The molecule has 1 saturated carbocycles. The first-order valence-corrected chi connectivity index (χ1v) is 9.76. The molecule has 126 valence electrons. The van der Waals surface area contributed by atoms with E-state index in [1.54, 1.807) is 6.08 Å². The molecule has 4 nitrogen and oxygen atoms in total. The summed E-state index contributed by atoms with van der Waals surface area (Å²) >= 11 is 9.89. The molecule has 1 heterocycles. The quantitative estimate of drug-likeness (QED) is 0.579. The highest BCUT2D eigenvalue weighted by Crippen LogP contribution is 2.33. The zero-order valence-corrected chi connectivity index (χ0v) is 16.3. The fraction of sp³-hybridized carbons (Fsp3) is 0.353. The number of carbonyl (C=O) groups excluding carboxylic acids is 2. The minimum Gasteiger partial charge on any atom is -0.352 e. The van der Waals surface area contributed by atoms with E-state index in [4.69, 9.17) is 12.2 Å². The van der Waals surface area contributed by atoms with Crippen molar-refractivity contribution in [2.75, 3.05) is 6.54 Å². The Kier molecular flexibility index (Phi) is 5.42. The van der Waals surface area contributed by atoms with E-state index in [-0.39, 0.29) is 24.4 Å². The molecule has 0 spiro atoms. The van der Waals surface area contributed by atoms with E-state index in [2.05, 4.69) is 21.2 Å². The number of carbonyl (C=O) groups is 2. The van der Waals surface area contributed by atoms with Crippen molar-refractivity contribution in [3.8, 4) is 0 Å². The van der Waals surface area contributed by atoms with Crippen LogP contribution in [0.25, 0.3) is 6.08 Å². The molecule has 1 aliphatic carbocycles. The monoisotopic (exact) mass is 424 g/mol. The first kappa shape index (κ1) is 17.6. The molecule has 0 aromatic heterocycles. The fourth-order valence-corrected chi connectivity index (χ4v) is 4.02.